The highest BCUT2D eigenvalue weighted by Crippen LogP contribution is 2.27. The lowest BCUT2D eigenvalue weighted by atomic mass is 9.84. The Hall–Kier alpha value is -3.11. The number of hydrogen-bond acceptors (Lipinski definition) is 16. The Balaban J connectivity index is 1.17. The molecule has 246 valence electrons. The first-order valence-electron chi connectivity index (χ1n) is 14.4. The zero-order valence-electron chi connectivity index (χ0n) is 24.1. The quantitative estimate of drug-likeness (QED) is 0.0978. The normalized spacial score (nSPS) is 33.2. The topological polar surface area (TPSA) is 331 Å². The van der Waals surface area contributed by atoms with E-state index in [0.29, 0.717) is 37.0 Å². The van der Waals surface area contributed by atoms with Crippen LogP contribution in [-0.2, 0) is 25.6 Å². The predicted octanol–water partition coefficient (Wildman–Crippen LogP) is -5.92. The van der Waals surface area contributed by atoms with E-state index in [-0.39, 0.29) is 31.2 Å². The van der Waals surface area contributed by atoms with Crippen LogP contribution in [0.2, 0.25) is 0 Å². The van der Waals surface area contributed by atoms with Crippen molar-refractivity contribution in [3.05, 3.63) is 12.7 Å². The number of carbonyl (C=O) groups is 2. The van der Waals surface area contributed by atoms with E-state index in [1.807, 2.05) is 0 Å². The fourth-order valence-corrected chi connectivity index (χ4v) is 5.27. The van der Waals surface area contributed by atoms with E-state index < -0.39 is 73.0 Å². The first-order valence-corrected chi connectivity index (χ1v) is 14.4. The Morgan fingerprint density at radius 3 is 2.52 bits per heavy atom. The summed E-state index contributed by atoms with van der Waals surface area (Å²) < 4.78 is 13.0. The first kappa shape index (κ1) is 33.8. The summed E-state index contributed by atoms with van der Waals surface area (Å²) in [5, 5.41) is 46.8. The molecule has 1 aliphatic heterocycles. The second-order valence-electron chi connectivity index (χ2n) is 11.2. The standard InChI is InChI=1S/C25H43N11O8/c26-10(3-1-2-4-31-14(37)7-36-9-35-16-22(30)33-8-34-23(16)36)24(42)32-6-13-18(39)19(40)15(29)25(43-13)44-21-12(28)5-11(27)17(38)20(21)41/h8-13,15,17-21,25,38-41H,1-7,26-29H2,(H,31,37)(H,32,42)(H2,30,33,34)/t10-,11+,12-,13+,15+,17-,18+,19+,20+,21+,25+/m0/s1. The van der Waals surface area contributed by atoms with Crippen LogP contribution in [0.15, 0.2) is 12.7 Å². The van der Waals surface area contributed by atoms with E-state index in [0.717, 1.165) is 0 Å². The summed E-state index contributed by atoms with van der Waals surface area (Å²) in [6, 6.07) is -3.59. The lowest BCUT2D eigenvalue weighted by Crippen LogP contribution is -2.67. The molecule has 2 aromatic rings. The Morgan fingerprint density at radius 2 is 1.77 bits per heavy atom. The molecule has 2 fully saturated rings. The molecule has 1 saturated carbocycles. The summed E-state index contributed by atoms with van der Waals surface area (Å²) in [5.41, 5.74) is 30.5. The van der Waals surface area contributed by atoms with Crippen molar-refractivity contribution in [2.24, 2.45) is 22.9 Å². The number of aromatic nitrogens is 4. The summed E-state index contributed by atoms with van der Waals surface area (Å²) in [6.07, 6.45) is -4.85. The second-order valence-corrected chi connectivity index (χ2v) is 11.2. The molecular formula is C25H43N11O8. The molecule has 3 heterocycles. The van der Waals surface area contributed by atoms with Gasteiger partial charge in [0.15, 0.2) is 17.8 Å². The molecule has 19 nitrogen and oxygen atoms in total. The third-order valence-corrected chi connectivity index (χ3v) is 7.95. The number of aliphatic hydroxyl groups excluding tert-OH is 4. The van der Waals surface area contributed by atoms with E-state index in [4.69, 9.17) is 38.1 Å². The lowest BCUT2D eigenvalue weighted by Gasteiger charge is -2.45. The Labute approximate surface area is 252 Å². The van der Waals surface area contributed by atoms with Crippen LogP contribution in [0.25, 0.3) is 11.2 Å². The molecule has 2 amide bonds. The highest BCUT2D eigenvalue weighted by atomic mass is 16.7. The van der Waals surface area contributed by atoms with Crippen molar-refractivity contribution in [3.63, 3.8) is 0 Å². The second kappa shape index (κ2) is 14.8. The van der Waals surface area contributed by atoms with Crippen LogP contribution in [0, 0.1) is 0 Å². The highest BCUT2D eigenvalue weighted by Gasteiger charge is 2.48. The number of carbonyl (C=O) groups excluding carboxylic acids is 2. The molecule has 0 radical (unpaired) electrons. The number of nitrogens with one attached hydrogen (secondary N) is 2. The Morgan fingerprint density at radius 1 is 1.02 bits per heavy atom. The maximum absolute atomic E-state index is 12.6. The van der Waals surface area contributed by atoms with Crippen molar-refractivity contribution in [1.29, 1.82) is 0 Å². The van der Waals surface area contributed by atoms with Gasteiger partial charge in [0.2, 0.25) is 11.8 Å². The van der Waals surface area contributed by atoms with Gasteiger partial charge in [0.1, 0.15) is 48.9 Å². The van der Waals surface area contributed by atoms with Crippen LogP contribution in [0.5, 0.6) is 0 Å². The van der Waals surface area contributed by atoms with Crippen molar-refractivity contribution in [2.75, 3.05) is 18.8 Å². The van der Waals surface area contributed by atoms with Crippen LogP contribution in [0.4, 0.5) is 5.82 Å². The van der Waals surface area contributed by atoms with Gasteiger partial charge in [-0.15, -0.1) is 0 Å². The monoisotopic (exact) mass is 625 g/mol. The van der Waals surface area contributed by atoms with Gasteiger partial charge < -0.3 is 73.8 Å². The van der Waals surface area contributed by atoms with Crippen molar-refractivity contribution in [1.82, 2.24) is 30.2 Å². The van der Waals surface area contributed by atoms with Gasteiger partial charge in [-0.05, 0) is 25.7 Å². The maximum Gasteiger partial charge on any atom is 0.240 e. The predicted molar refractivity (Wildman–Crippen MR) is 154 cm³/mol. The number of anilines is 1. The van der Waals surface area contributed by atoms with Gasteiger partial charge in [-0.25, -0.2) is 15.0 Å². The van der Waals surface area contributed by atoms with Gasteiger partial charge in [0.25, 0.3) is 0 Å². The summed E-state index contributed by atoms with van der Waals surface area (Å²) in [5.74, 6) is -0.537. The molecule has 1 saturated heterocycles. The van der Waals surface area contributed by atoms with Crippen molar-refractivity contribution < 1.29 is 39.5 Å². The molecule has 44 heavy (non-hydrogen) atoms. The molecule has 16 N–H and O–H groups in total. The van der Waals surface area contributed by atoms with E-state index in [1.54, 1.807) is 4.57 Å². The van der Waals surface area contributed by atoms with Crippen LogP contribution in [0.1, 0.15) is 25.7 Å². The van der Waals surface area contributed by atoms with Gasteiger partial charge in [0, 0.05) is 25.2 Å². The SMILES string of the molecule is Nc1ncnc2c1ncn2CC(=O)NCCCC[C@H](N)C(=O)NC[C@H]1O[C@H](O[C@H]2[C@H](O)[C@@H](O)[C@H](N)C[C@@H]2N)[C@H](N)[C@@H](O)[C@@H]1O. The number of unbranched alkanes of at least 4 members (excludes halogenated alkanes) is 1. The summed E-state index contributed by atoms with van der Waals surface area (Å²) >= 11 is 0. The number of nitrogens with zero attached hydrogens (tertiary/aromatic N) is 4. The Kier molecular flexibility index (Phi) is 11.3. The molecule has 4 rings (SSSR count). The molecule has 19 heteroatoms. The number of hydrogen-bond donors (Lipinski definition) is 11. The highest BCUT2D eigenvalue weighted by molar-refractivity contribution is 5.83. The number of nitrogen functional groups attached to an aromatic ring is 1. The number of fused-ring (bicyclic) bond motifs is 1. The third kappa shape index (κ3) is 7.75. The average Bonchev–Trinajstić information content (AvgIpc) is 3.40. The molecule has 0 unspecified atom stereocenters. The zero-order chi connectivity index (χ0) is 32.1. The number of nitrogens with two attached hydrogens (primary N) is 5. The summed E-state index contributed by atoms with van der Waals surface area (Å²) in [7, 11) is 0. The Bertz CT molecular complexity index is 1270. The van der Waals surface area contributed by atoms with Gasteiger partial charge >= 0.3 is 0 Å². The third-order valence-electron chi connectivity index (χ3n) is 7.95. The molecule has 11 atom stereocenters. The molecule has 2 aliphatic rings. The smallest absolute Gasteiger partial charge is 0.240 e. The van der Waals surface area contributed by atoms with Crippen molar-refractivity contribution in [2.45, 2.75) is 99.3 Å². The van der Waals surface area contributed by atoms with E-state index in [2.05, 4.69) is 25.6 Å². The number of amides is 2. The van der Waals surface area contributed by atoms with Crippen LogP contribution >= 0.6 is 0 Å². The van der Waals surface area contributed by atoms with Crippen molar-refractivity contribution >= 4 is 28.8 Å². The number of ether oxygens (including phenoxy) is 2. The molecule has 1 aliphatic carbocycles. The molecular weight excluding hydrogens is 582 g/mol. The van der Waals surface area contributed by atoms with Crippen LogP contribution < -0.4 is 39.3 Å². The summed E-state index contributed by atoms with van der Waals surface area (Å²) in [6.45, 7) is 0.139. The first-order chi connectivity index (χ1) is 20.9. The minimum absolute atomic E-state index is 0.000378. The van der Waals surface area contributed by atoms with E-state index in [1.165, 1.54) is 12.7 Å². The molecule has 2 aromatic heterocycles. The van der Waals surface area contributed by atoms with Gasteiger partial charge in [0.05, 0.1) is 24.5 Å². The largest absolute Gasteiger partial charge is 0.389 e. The van der Waals surface area contributed by atoms with Gasteiger partial charge in [-0.1, -0.05) is 0 Å². The van der Waals surface area contributed by atoms with E-state index >= 15 is 0 Å². The number of rotatable bonds is 12. The number of imidazole rings is 1. The van der Waals surface area contributed by atoms with Crippen LogP contribution in [0.3, 0.4) is 0 Å². The van der Waals surface area contributed by atoms with Crippen LogP contribution in [-0.4, -0.2) is 132 Å². The fourth-order valence-electron chi connectivity index (χ4n) is 5.27. The minimum atomic E-state index is -1.48. The fraction of sp³-hybridized carbons (Fsp3) is 0.720. The molecule has 0 aromatic carbocycles. The van der Waals surface area contributed by atoms with Gasteiger partial charge in [-0.2, -0.15) is 0 Å². The zero-order valence-corrected chi connectivity index (χ0v) is 24.1. The number of aliphatic hydroxyl groups is 4. The van der Waals surface area contributed by atoms with Crippen molar-refractivity contribution in [3.8, 4) is 0 Å². The molecule has 0 spiro atoms. The van der Waals surface area contributed by atoms with Gasteiger partial charge in [-0.3, -0.25) is 9.59 Å². The summed E-state index contributed by atoms with van der Waals surface area (Å²) in [4.78, 5) is 37.0. The van der Waals surface area contributed by atoms with E-state index in [9.17, 15) is 30.0 Å². The minimum Gasteiger partial charge on any atom is -0.389 e. The maximum atomic E-state index is 12.6. The molecule has 0 bridgehead atoms. The lowest BCUT2D eigenvalue weighted by molar-refractivity contribution is -0.288. The average molecular weight is 626 g/mol.